The molecule has 0 spiro atoms. The molecule has 0 saturated carbocycles. The van der Waals surface area contributed by atoms with Crippen LogP contribution in [0.25, 0.3) is 11.3 Å². The van der Waals surface area contributed by atoms with Crippen LogP contribution in [0.3, 0.4) is 0 Å². The third-order valence-corrected chi connectivity index (χ3v) is 4.67. The van der Waals surface area contributed by atoms with E-state index in [4.69, 9.17) is 9.47 Å². The molecule has 0 aliphatic heterocycles. The molecule has 0 fully saturated rings. The van der Waals surface area contributed by atoms with Crippen LogP contribution in [0, 0.1) is 0 Å². The number of aromatic nitrogens is 1. The molecule has 3 aromatic rings. The van der Waals surface area contributed by atoms with E-state index in [0.29, 0.717) is 46.7 Å². The number of ether oxygens (including phenoxy) is 3. The van der Waals surface area contributed by atoms with E-state index in [0.717, 1.165) is 0 Å². The first-order valence-electron chi connectivity index (χ1n) is 9.22. The predicted octanol–water partition coefficient (Wildman–Crippen LogP) is 5.46. The zero-order valence-corrected chi connectivity index (χ0v) is 17.2. The molecule has 0 saturated heterocycles. The molecule has 3 rings (SSSR count). The number of carbonyl (C=O) groups is 1. The summed E-state index contributed by atoms with van der Waals surface area (Å²) in [4.78, 5) is 17.0. The Hall–Kier alpha value is -3.20. The van der Waals surface area contributed by atoms with Gasteiger partial charge in [-0.25, -0.2) is 4.98 Å². The summed E-state index contributed by atoms with van der Waals surface area (Å²) in [6.45, 7) is 1.67. The zero-order valence-electron chi connectivity index (χ0n) is 16.4. The molecule has 0 radical (unpaired) electrons. The number of hydrogen-bond acceptors (Lipinski definition) is 6. The number of anilines is 1. The molecule has 6 nitrogen and oxygen atoms in total. The Labute approximate surface area is 176 Å². The second-order valence-electron chi connectivity index (χ2n) is 5.89. The quantitative estimate of drug-likeness (QED) is 0.484. The SMILES string of the molecule is CCOc1ccc(C(=O)Nc2nc(-c3ccccc3OC(F)F)cs2)cc1OCC. The summed E-state index contributed by atoms with van der Waals surface area (Å²) in [5, 5.41) is 4.70. The highest BCUT2D eigenvalue weighted by Gasteiger charge is 2.16. The van der Waals surface area contributed by atoms with Crippen molar-refractivity contribution in [1.29, 1.82) is 0 Å². The molecular weight excluding hydrogens is 414 g/mol. The number of carbonyl (C=O) groups excluding carboxylic acids is 1. The molecular formula is C21H20F2N2O4S. The van der Waals surface area contributed by atoms with Crippen molar-refractivity contribution in [2.45, 2.75) is 20.5 Å². The molecule has 30 heavy (non-hydrogen) atoms. The number of rotatable bonds is 9. The van der Waals surface area contributed by atoms with Gasteiger partial charge >= 0.3 is 6.61 Å². The highest BCUT2D eigenvalue weighted by molar-refractivity contribution is 7.14. The normalized spacial score (nSPS) is 10.7. The highest BCUT2D eigenvalue weighted by Crippen LogP contribution is 2.33. The van der Waals surface area contributed by atoms with Crippen LogP contribution in [0.1, 0.15) is 24.2 Å². The molecule has 9 heteroatoms. The molecule has 0 aliphatic carbocycles. The van der Waals surface area contributed by atoms with Crippen LogP contribution < -0.4 is 19.5 Å². The first-order valence-corrected chi connectivity index (χ1v) is 10.1. The molecule has 1 heterocycles. The van der Waals surface area contributed by atoms with E-state index < -0.39 is 6.61 Å². The van der Waals surface area contributed by atoms with E-state index >= 15 is 0 Å². The van der Waals surface area contributed by atoms with Gasteiger partial charge < -0.3 is 14.2 Å². The third kappa shape index (κ3) is 5.24. The Balaban J connectivity index is 1.78. The molecule has 1 amide bonds. The minimum atomic E-state index is -2.94. The van der Waals surface area contributed by atoms with Crippen molar-refractivity contribution in [1.82, 2.24) is 4.98 Å². The van der Waals surface area contributed by atoms with E-state index in [1.54, 1.807) is 41.8 Å². The Morgan fingerprint density at radius 2 is 1.80 bits per heavy atom. The van der Waals surface area contributed by atoms with Gasteiger partial charge in [-0.05, 0) is 44.2 Å². The topological polar surface area (TPSA) is 69.7 Å². The van der Waals surface area contributed by atoms with Crippen molar-refractivity contribution in [2.24, 2.45) is 0 Å². The average molecular weight is 434 g/mol. The molecule has 1 N–H and O–H groups in total. The molecule has 0 bridgehead atoms. The van der Waals surface area contributed by atoms with Crippen molar-refractivity contribution in [3.05, 3.63) is 53.4 Å². The van der Waals surface area contributed by atoms with Crippen LogP contribution in [-0.2, 0) is 0 Å². The van der Waals surface area contributed by atoms with Crippen LogP contribution in [-0.4, -0.2) is 30.7 Å². The number of nitrogens with one attached hydrogen (secondary N) is 1. The lowest BCUT2D eigenvalue weighted by Crippen LogP contribution is -2.12. The Kier molecular flexibility index (Phi) is 7.18. The Bertz CT molecular complexity index is 1010. The van der Waals surface area contributed by atoms with Gasteiger partial charge in [-0.2, -0.15) is 8.78 Å². The number of hydrogen-bond donors (Lipinski definition) is 1. The number of amides is 1. The first kappa shape index (κ1) is 21.5. The zero-order chi connectivity index (χ0) is 21.5. The maximum Gasteiger partial charge on any atom is 0.387 e. The molecule has 1 aromatic heterocycles. The van der Waals surface area contributed by atoms with Crippen molar-refractivity contribution in [2.75, 3.05) is 18.5 Å². The second-order valence-corrected chi connectivity index (χ2v) is 6.75. The van der Waals surface area contributed by atoms with Gasteiger partial charge in [0.15, 0.2) is 16.6 Å². The summed E-state index contributed by atoms with van der Waals surface area (Å²) in [7, 11) is 0. The molecule has 0 aliphatic rings. The second kappa shape index (κ2) is 10.0. The van der Waals surface area contributed by atoms with Crippen LogP contribution >= 0.6 is 11.3 Å². The average Bonchev–Trinajstić information content (AvgIpc) is 3.18. The minimum absolute atomic E-state index is 0.0172. The summed E-state index contributed by atoms with van der Waals surface area (Å²) >= 11 is 1.18. The van der Waals surface area contributed by atoms with Gasteiger partial charge in [0.1, 0.15) is 5.75 Å². The number of alkyl halides is 2. The lowest BCUT2D eigenvalue weighted by molar-refractivity contribution is -0.0494. The van der Waals surface area contributed by atoms with E-state index in [9.17, 15) is 13.6 Å². The van der Waals surface area contributed by atoms with E-state index in [-0.39, 0.29) is 11.7 Å². The van der Waals surface area contributed by atoms with Crippen molar-refractivity contribution >= 4 is 22.4 Å². The Morgan fingerprint density at radius 1 is 1.07 bits per heavy atom. The molecule has 0 unspecified atom stereocenters. The highest BCUT2D eigenvalue weighted by atomic mass is 32.1. The van der Waals surface area contributed by atoms with E-state index in [2.05, 4.69) is 15.0 Å². The number of thiazole rings is 1. The van der Waals surface area contributed by atoms with Crippen molar-refractivity contribution in [3.63, 3.8) is 0 Å². The summed E-state index contributed by atoms with van der Waals surface area (Å²) in [5.74, 6) is 0.675. The fourth-order valence-electron chi connectivity index (χ4n) is 2.69. The number of benzene rings is 2. The number of nitrogens with zero attached hydrogens (tertiary/aromatic N) is 1. The lowest BCUT2D eigenvalue weighted by atomic mass is 10.1. The standard InChI is InChI=1S/C21H20F2N2O4S/c1-3-27-17-10-9-13(11-18(17)28-4-2)19(26)25-21-24-15(12-30-21)14-7-5-6-8-16(14)29-20(22)23/h5-12,20H,3-4H2,1-2H3,(H,24,25,26). The fraction of sp³-hybridized carbons (Fsp3) is 0.238. The van der Waals surface area contributed by atoms with Gasteiger partial charge in [0.25, 0.3) is 5.91 Å². The summed E-state index contributed by atoms with van der Waals surface area (Å²) in [6.07, 6.45) is 0. The number of halogens is 2. The lowest BCUT2D eigenvalue weighted by Gasteiger charge is -2.12. The first-order chi connectivity index (χ1) is 14.5. The van der Waals surface area contributed by atoms with Crippen molar-refractivity contribution in [3.8, 4) is 28.5 Å². The van der Waals surface area contributed by atoms with Gasteiger partial charge in [0, 0.05) is 16.5 Å². The van der Waals surface area contributed by atoms with Crippen LogP contribution in [0.4, 0.5) is 13.9 Å². The summed E-state index contributed by atoms with van der Waals surface area (Å²) in [6, 6.07) is 11.3. The van der Waals surface area contributed by atoms with Gasteiger partial charge in [0.2, 0.25) is 0 Å². The van der Waals surface area contributed by atoms with Gasteiger partial charge in [-0.3, -0.25) is 10.1 Å². The maximum atomic E-state index is 12.6. The monoisotopic (exact) mass is 434 g/mol. The van der Waals surface area contributed by atoms with Gasteiger partial charge in [-0.1, -0.05) is 12.1 Å². The van der Waals surface area contributed by atoms with Gasteiger partial charge in [-0.15, -0.1) is 11.3 Å². The van der Waals surface area contributed by atoms with Crippen LogP contribution in [0.2, 0.25) is 0 Å². The van der Waals surface area contributed by atoms with Crippen molar-refractivity contribution < 1.29 is 27.8 Å². The Morgan fingerprint density at radius 3 is 2.53 bits per heavy atom. The van der Waals surface area contributed by atoms with Crippen LogP contribution in [0.15, 0.2) is 47.8 Å². The minimum Gasteiger partial charge on any atom is -0.490 e. The molecule has 158 valence electrons. The summed E-state index contributed by atoms with van der Waals surface area (Å²) in [5.41, 5.74) is 1.21. The molecule has 0 atom stereocenters. The largest absolute Gasteiger partial charge is 0.490 e. The van der Waals surface area contributed by atoms with E-state index in [1.807, 2.05) is 13.8 Å². The number of para-hydroxylation sites is 1. The summed E-state index contributed by atoms with van der Waals surface area (Å²) < 4.78 is 40.8. The maximum absolute atomic E-state index is 12.6. The predicted molar refractivity (Wildman–Crippen MR) is 111 cm³/mol. The third-order valence-electron chi connectivity index (χ3n) is 3.91. The smallest absolute Gasteiger partial charge is 0.387 e. The fourth-order valence-corrected chi connectivity index (χ4v) is 3.40. The van der Waals surface area contributed by atoms with Gasteiger partial charge in [0.05, 0.1) is 18.9 Å². The molecule has 2 aromatic carbocycles. The van der Waals surface area contributed by atoms with Crippen LogP contribution in [0.5, 0.6) is 17.2 Å². The van der Waals surface area contributed by atoms with E-state index in [1.165, 1.54) is 17.4 Å².